The van der Waals surface area contributed by atoms with E-state index in [4.69, 9.17) is 23.2 Å². The van der Waals surface area contributed by atoms with Gasteiger partial charge in [0.05, 0.1) is 5.56 Å². The fourth-order valence-corrected chi connectivity index (χ4v) is 2.80. The number of rotatable bonds is 4. The molecule has 1 aliphatic heterocycles. The first kappa shape index (κ1) is 16.5. The third-order valence-corrected chi connectivity index (χ3v) is 4.31. The zero-order valence-electron chi connectivity index (χ0n) is 12.4. The molecule has 1 heterocycles. The van der Waals surface area contributed by atoms with Gasteiger partial charge in [0, 0.05) is 5.56 Å². The molecule has 0 unspecified atom stereocenters. The van der Waals surface area contributed by atoms with Gasteiger partial charge in [-0.15, -0.1) is 0 Å². The lowest BCUT2D eigenvalue weighted by molar-refractivity contribution is -0.529. The highest BCUT2D eigenvalue weighted by Crippen LogP contribution is 2.17. The molecule has 0 aromatic heterocycles. The highest BCUT2D eigenvalue weighted by atomic mass is 35.5. The van der Waals surface area contributed by atoms with Crippen LogP contribution in [0, 0.1) is 0 Å². The number of amides is 2. The van der Waals surface area contributed by atoms with E-state index in [0.29, 0.717) is 11.4 Å². The molecule has 122 valence electrons. The summed E-state index contributed by atoms with van der Waals surface area (Å²) in [4.78, 5) is 26.7. The van der Waals surface area contributed by atoms with Crippen molar-refractivity contribution in [1.82, 2.24) is 10.6 Å². The summed E-state index contributed by atoms with van der Waals surface area (Å²) >= 11 is 12.1. The number of hydrogen-bond acceptors (Lipinski definition) is 2. The second kappa shape index (κ2) is 6.63. The quantitative estimate of drug-likeness (QED) is 0.696. The molecule has 0 bridgehead atoms. The summed E-state index contributed by atoms with van der Waals surface area (Å²) in [6, 6.07) is 17.7. The number of amidine groups is 1. The lowest BCUT2D eigenvalue weighted by Gasteiger charge is -2.22. The van der Waals surface area contributed by atoms with Crippen LogP contribution in [0.5, 0.6) is 0 Å². The van der Waals surface area contributed by atoms with E-state index in [9.17, 15) is 9.59 Å². The Labute approximate surface area is 148 Å². The summed E-state index contributed by atoms with van der Waals surface area (Å²) in [5, 5.41) is 5.29. The van der Waals surface area contributed by atoms with E-state index >= 15 is 0 Å². The first-order valence-electron chi connectivity index (χ1n) is 7.20. The van der Waals surface area contributed by atoms with Gasteiger partial charge in [-0.2, -0.15) is 0 Å². The molecular weight excluding hydrogens is 349 g/mol. The number of alkyl halides is 2. The summed E-state index contributed by atoms with van der Waals surface area (Å²) in [5.41, 5.74) is -0.509. The minimum atomic E-state index is -1.65. The molecule has 0 saturated heterocycles. The van der Waals surface area contributed by atoms with Gasteiger partial charge in [-0.1, -0.05) is 59.6 Å². The Bertz CT molecular complexity index is 794. The van der Waals surface area contributed by atoms with Crippen molar-refractivity contribution in [2.75, 3.05) is 0 Å². The predicted octanol–water partition coefficient (Wildman–Crippen LogP) is 0.574. The van der Waals surface area contributed by atoms with Crippen LogP contribution >= 0.6 is 23.2 Å². The molecule has 0 radical (unpaired) electrons. The third kappa shape index (κ3) is 3.00. The monoisotopic (exact) mass is 362 g/mol. The first-order chi connectivity index (χ1) is 11.5. The number of carbonyl (C=O) groups excluding carboxylic acids is 2. The molecule has 2 amide bonds. The predicted molar refractivity (Wildman–Crippen MR) is 91.8 cm³/mol. The minimum absolute atomic E-state index is 0.397. The molecule has 5 nitrogen and oxygen atoms in total. The minimum Gasteiger partial charge on any atom is -0.299 e. The first-order valence-corrected chi connectivity index (χ1v) is 8.08. The summed E-state index contributed by atoms with van der Waals surface area (Å²) in [5.74, 6) is -0.556. The molecule has 2 aromatic carbocycles. The van der Waals surface area contributed by atoms with Crippen LogP contribution < -0.4 is 15.6 Å². The Balaban J connectivity index is 1.95. The van der Waals surface area contributed by atoms with Crippen molar-refractivity contribution in [3.05, 3.63) is 71.8 Å². The molecular formula is C17H14Cl2N3O2+. The Morgan fingerprint density at radius 2 is 1.62 bits per heavy atom. The van der Waals surface area contributed by atoms with E-state index in [2.05, 4.69) is 15.6 Å². The van der Waals surface area contributed by atoms with Crippen molar-refractivity contribution in [3.8, 4) is 0 Å². The second-order valence-corrected chi connectivity index (χ2v) is 6.35. The molecule has 0 spiro atoms. The number of hydrogen-bond donors (Lipinski definition) is 3. The van der Waals surface area contributed by atoms with Gasteiger partial charge in [0.15, 0.2) is 4.84 Å². The molecule has 3 N–H and O–H groups in total. The van der Waals surface area contributed by atoms with Crippen molar-refractivity contribution in [1.29, 1.82) is 0 Å². The molecule has 1 atom stereocenters. The van der Waals surface area contributed by atoms with Gasteiger partial charge >= 0.3 is 11.6 Å². The number of benzene rings is 2. The Morgan fingerprint density at radius 3 is 2.21 bits per heavy atom. The Morgan fingerprint density at radius 1 is 1.04 bits per heavy atom. The highest BCUT2D eigenvalue weighted by Gasteiger charge is 2.56. The van der Waals surface area contributed by atoms with Crippen molar-refractivity contribution < 1.29 is 14.6 Å². The maximum Gasteiger partial charge on any atom is 0.380 e. The molecule has 0 saturated carbocycles. The van der Waals surface area contributed by atoms with Gasteiger partial charge < -0.3 is 0 Å². The molecule has 0 aliphatic carbocycles. The van der Waals surface area contributed by atoms with E-state index in [1.165, 1.54) is 0 Å². The third-order valence-electron chi connectivity index (χ3n) is 3.66. The average Bonchev–Trinajstić information content (AvgIpc) is 2.94. The average molecular weight is 363 g/mol. The van der Waals surface area contributed by atoms with Gasteiger partial charge in [-0.3, -0.25) is 10.1 Å². The molecule has 2 aromatic rings. The summed E-state index contributed by atoms with van der Waals surface area (Å²) < 4.78 is 0. The van der Waals surface area contributed by atoms with Gasteiger partial charge in [-0.05, 0) is 24.3 Å². The maximum absolute atomic E-state index is 12.5. The molecule has 7 heteroatoms. The van der Waals surface area contributed by atoms with E-state index in [0.717, 1.165) is 5.56 Å². The SMILES string of the molecule is O=C(N[C@]1(C(Cl)Cl)[NH+]=C(c2ccccc2)NC1=O)c1ccccc1. The zero-order valence-corrected chi connectivity index (χ0v) is 13.9. The van der Waals surface area contributed by atoms with Gasteiger partial charge in [0.2, 0.25) is 0 Å². The molecule has 24 heavy (non-hydrogen) atoms. The van der Waals surface area contributed by atoms with Crippen LogP contribution in [-0.4, -0.2) is 28.1 Å². The van der Waals surface area contributed by atoms with Gasteiger partial charge in [0.1, 0.15) is 0 Å². The topological polar surface area (TPSA) is 72.2 Å². The number of nitrogens with one attached hydrogen (secondary N) is 3. The van der Waals surface area contributed by atoms with E-state index in [1.54, 1.807) is 30.3 Å². The normalized spacial score (nSPS) is 19.8. The van der Waals surface area contributed by atoms with Crippen molar-refractivity contribution in [2.24, 2.45) is 0 Å². The largest absolute Gasteiger partial charge is 0.380 e. The fraction of sp³-hybridized carbons (Fsp3) is 0.118. The Hall–Kier alpha value is -2.37. The van der Waals surface area contributed by atoms with Gasteiger partial charge in [0.25, 0.3) is 11.7 Å². The van der Waals surface area contributed by atoms with Gasteiger partial charge in [-0.25, -0.2) is 15.1 Å². The second-order valence-electron chi connectivity index (χ2n) is 5.25. The smallest absolute Gasteiger partial charge is 0.299 e. The van der Waals surface area contributed by atoms with Crippen LogP contribution in [0.1, 0.15) is 15.9 Å². The van der Waals surface area contributed by atoms with Crippen molar-refractivity contribution >= 4 is 40.9 Å². The number of halogens is 2. The lowest BCUT2D eigenvalue weighted by atomic mass is 10.1. The standard InChI is InChI=1S/C17H13Cl2N3O2/c18-15(19)17(22-14(23)12-9-5-2-6-10-12)16(24)20-13(21-17)11-7-3-1-4-8-11/h1-10,15H,(H,22,23)(H,20,21,24)/p+1/t17-/m0/s1. The summed E-state index contributed by atoms with van der Waals surface area (Å²) in [7, 11) is 0. The van der Waals surface area contributed by atoms with Crippen LogP contribution in [0.15, 0.2) is 60.7 Å². The zero-order chi connectivity index (χ0) is 17.2. The van der Waals surface area contributed by atoms with E-state index < -0.39 is 22.3 Å². The molecule has 1 aliphatic rings. The molecule has 3 rings (SSSR count). The van der Waals surface area contributed by atoms with Crippen molar-refractivity contribution in [3.63, 3.8) is 0 Å². The van der Waals surface area contributed by atoms with Crippen LogP contribution in [0.3, 0.4) is 0 Å². The van der Waals surface area contributed by atoms with Crippen LogP contribution in [0.2, 0.25) is 0 Å². The van der Waals surface area contributed by atoms with Crippen LogP contribution in [-0.2, 0) is 4.79 Å². The summed E-state index contributed by atoms with van der Waals surface area (Å²) in [6.07, 6.45) is 0. The number of carbonyl (C=O) groups is 2. The van der Waals surface area contributed by atoms with Crippen LogP contribution in [0.4, 0.5) is 0 Å². The van der Waals surface area contributed by atoms with Crippen LogP contribution in [0.25, 0.3) is 0 Å². The fourth-order valence-electron chi connectivity index (χ4n) is 2.38. The van der Waals surface area contributed by atoms with Crippen molar-refractivity contribution in [2.45, 2.75) is 10.5 Å². The van der Waals surface area contributed by atoms with E-state index in [1.807, 2.05) is 30.3 Å². The Kier molecular flexibility index (Phi) is 4.55. The summed E-state index contributed by atoms with van der Waals surface area (Å²) in [6.45, 7) is 0. The maximum atomic E-state index is 12.5. The molecule has 0 fully saturated rings. The van der Waals surface area contributed by atoms with E-state index in [-0.39, 0.29) is 0 Å². The lowest BCUT2D eigenvalue weighted by Crippen LogP contribution is -2.94. The highest BCUT2D eigenvalue weighted by molar-refractivity contribution is 6.46.